The van der Waals surface area contributed by atoms with E-state index in [-0.39, 0.29) is 11.8 Å². The topological polar surface area (TPSA) is 43.9 Å². The molecule has 28 heavy (non-hydrogen) atoms. The lowest BCUT2D eigenvalue weighted by molar-refractivity contribution is -0.137. The van der Waals surface area contributed by atoms with Crippen molar-refractivity contribution in [1.82, 2.24) is 14.7 Å². The lowest BCUT2D eigenvalue weighted by Crippen LogP contribution is -2.50. The number of aryl methyl sites for hydroxylation is 1. The Hall–Kier alpha value is -1.40. The van der Waals surface area contributed by atoms with Gasteiger partial charge in [-0.15, -0.1) is 11.3 Å². The predicted molar refractivity (Wildman–Crippen MR) is 113 cm³/mol. The molecular weight excluding hydrogens is 370 g/mol. The van der Waals surface area contributed by atoms with Gasteiger partial charge in [0.2, 0.25) is 5.91 Å². The first-order chi connectivity index (χ1) is 13.7. The van der Waals surface area contributed by atoms with Crippen molar-refractivity contribution in [2.45, 2.75) is 51.9 Å². The van der Waals surface area contributed by atoms with Gasteiger partial charge in [-0.25, -0.2) is 0 Å². The molecule has 4 rings (SSSR count). The van der Waals surface area contributed by atoms with Gasteiger partial charge in [-0.2, -0.15) is 0 Å². The Bertz CT molecular complexity index is 703. The van der Waals surface area contributed by atoms with Crippen LogP contribution < -0.4 is 0 Å². The summed E-state index contributed by atoms with van der Waals surface area (Å²) >= 11 is 1.67. The fourth-order valence-corrected chi connectivity index (χ4v) is 6.04. The summed E-state index contributed by atoms with van der Waals surface area (Å²) in [7, 11) is 0. The number of piperidine rings is 1. The third kappa shape index (κ3) is 4.28. The zero-order chi connectivity index (χ0) is 19.5. The van der Waals surface area contributed by atoms with Crippen LogP contribution in [0.25, 0.3) is 0 Å². The smallest absolute Gasteiger partial charge is 0.263 e. The summed E-state index contributed by atoms with van der Waals surface area (Å²) in [4.78, 5) is 34.6. The number of amides is 2. The molecule has 0 N–H and O–H groups in total. The Kier molecular flexibility index (Phi) is 6.36. The van der Waals surface area contributed by atoms with Crippen molar-refractivity contribution in [3.05, 3.63) is 21.4 Å². The van der Waals surface area contributed by atoms with Gasteiger partial charge in [-0.1, -0.05) is 6.92 Å². The van der Waals surface area contributed by atoms with Crippen LogP contribution in [0.4, 0.5) is 0 Å². The first kappa shape index (κ1) is 19.9. The number of piperazine rings is 1. The highest BCUT2D eigenvalue weighted by Crippen LogP contribution is 2.34. The quantitative estimate of drug-likeness (QED) is 0.776. The van der Waals surface area contributed by atoms with E-state index in [0.717, 1.165) is 82.8 Å². The molecule has 154 valence electrons. The Morgan fingerprint density at radius 1 is 1.04 bits per heavy atom. The number of fused-ring (bicyclic) bond motifs is 1. The molecule has 0 unspecified atom stereocenters. The molecule has 0 radical (unpaired) electrons. The fourth-order valence-electron chi connectivity index (χ4n) is 4.86. The van der Waals surface area contributed by atoms with Gasteiger partial charge < -0.3 is 9.80 Å². The van der Waals surface area contributed by atoms with Crippen molar-refractivity contribution >= 4 is 23.2 Å². The Labute approximate surface area is 172 Å². The Morgan fingerprint density at radius 2 is 1.79 bits per heavy atom. The largest absolute Gasteiger partial charge is 0.340 e. The molecule has 0 spiro atoms. The van der Waals surface area contributed by atoms with E-state index in [9.17, 15) is 9.59 Å². The zero-order valence-electron chi connectivity index (χ0n) is 17.1. The number of thiophene rings is 1. The monoisotopic (exact) mass is 403 g/mol. The number of likely N-dealkylation sites (tertiary alicyclic amines) is 1. The molecule has 3 aliphatic rings. The predicted octanol–water partition coefficient (Wildman–Crippen LogP) is 3.03. The van der Waals surface area contributed by atoms with Crippen molar-refractivity contribution in [1.29, 1.82) is 0 Å². The standard InChI is InChI=1S/C22H33N3O2S/c1-2-8-23-11-13-25(14-12-23)21(26)17-6-7-19-18(15-17)16-20(28-19)22(27)24-9-4-3-5-10-24/h16-17H,2-15H2,1H3/t17-/m0/s1. The summed E-state index contributed by atoms with van der Waals surface area (Å²) in [5.74, 6) is 0.628. The van der Waals surface area contributed by atoms with Crippen LogP contribution in [0.15, 0.2) is 6.07 Å². The van der Waals surface area contributed by atoms with Gasteiger partial charge in [0.1, 0.15) is 0 Å². The highest BCUT2D eigenvalue weighted by molar-refractivity contribution is 7.14. The number of hydrogen-bond acceptors (Lipinski definition) is 4. The van der Waals surface area contributed by atoms with Gasteiger partial charge in [0.05, 0.1) is 4.88 Å². The molecule has 2 aliphatic heterocycles. The average Bonchev–Trinajstić information content (AvgIpc) is 3.17. The van der Waals surface area contributed by atoms with Crippen molar-refractivity contribution in [2.24, 2.45) is 5.92 Å². The maximum atomic E-state index is 13.1. The third-order valence-corrected chi connectivity index (χ3v) is 7.74. The maximum absolute atomic E-state index is 13.1. The molecule has 2 fully saturated rings. The van der Waals surface area contributed by atoms with E-state index >= 15 is 0 Å². The van der Waals surface area contributed by atoms with Crippen molar-refractivity contribution < 1.29 is 9.59 Å². The van der Waals surface area contributed by atoms with Gasteiger partial charge in [0, 0.05) is 50.1 Å². The second kappa shape index (κ2) is 8.95. The molecule has 1 aliphatic carbocycles. The normalized spacial score (nSPS) is 23.5. The first-order valence-corrected chi connectivity index (χ1v) is 11.9. The minimum atomic E-state index is 0.0952. The van der Waals surface area contributed by atoms with E-state index in [1.165, 1.54) is 23.3 Å². The van der Waals surface area contributed by atoms with Crippen LogP contribution in [-0.4, -0.2) is 72.3 Å². The first-order valence-electron chi connectivity index (χ1n) is 11.1. The summed E-state index contributed by atoms with van der Waals surface area (Å²) < 4.78 is 0. The summed E-state index contributed by atoms with van der Waals surface area (Å²) in [5, 5.41) is 0. The maximum Gasteiger partial charge on any atom is 0.263 e. The van der Waals surface area contributed by atoms with E-state index in [0.29, 0.717) is 5.91 Å². The molecule has 0 aromatic carbocycles. The van der Waals surface area contributed by atoms with Crippen LogP contribution in [0.5, 0.6) is 0 Å². The number of carbonyl (C=O) groups excluding carboxylic acids is 2. The van der Waals surface area contributed by atoms with Crippen LogP contribution in [0.2, 0.25) is 0 Å². The number of rotatable bonds is 4. The molecule has 6 heteroatoms. The van der Waals surface area contributed by atoms with Gasteiger partial charge in [0.25, 0.3) is 5.91 Å². The minimum Gasteiger partial charge on any atom is -0.340 e. The van der Waals surface area contributed by atoms with Gasteiger partial charge >= 0.3 is 0 Å². The van der Waals surface area contributed by atoms with Crippen LogP contribution in [0.3, 0.4) is 0 Å². The highest BCUT2D eigenvalue weighted by Gasteiger charge is 2.32. The number of nitrogens with zero attached hydrogens (tertiary/aromatic N) is 3. The van der Waals surface area contributed by atoms with E-state index in [1.54, 1.807) is 11.3 Å². The molecule has 1 aromatic rings. The molecular formula is C22H33N3O2S. The second-order valence-corrected chi connectivity index (χ2v) is 9.66. The molecule has 0 saturated carbocycles. The van der Waals surface area contributed by atoms with E-state index in [4.69, 9.17) is 0 Å². The highest BCUT2D eigenvalue weighted by atomic mass is 32.1. The van der Waals surface area contributed by atoms with E-state index in [2.05, 4.69) is 22.8 Å². The lowest BCUT2D eigenvalue weighted by Gasteiger charge is -2.37. The van der Waals surface area contributed by atoms with Gasteiger partial charge in [-0.3, -0.25) is 14.5 Å². The van der Waals surface area contributed by atoms with Gasteiger partial charge in [-0.05, 0) is 63.1 Å². The lowest BCUT2D eigenvalue weighted by atomic mass is 9.87. The molecule has 2 amide bonds. The fraction of sp³-hybridized carbons (Fsp3) is 0.727. The summed E-state index contributed by atoms with van der Waals surface area (Å²) in [6.07, 6.45) is 7.35. The molecule has 1 aromatic heterocycles. The molecule has 2 saturated heterocycles. The summed E-state index contributed by atoms with van der Waals surface area (Å²) in [6, 6.07) is 2.09. The Balaban J connectivity index is 1.36. The van der Waals surface area contributed by atoms with Crippen molar-refractivity contribution in [3.63, 3.8) is 0 Å². The third-order valence-electron chi connectivity index (χ3n) is 6.51. The minimum absolute atomic E-state index is 0.0952. The molecule has 3 heterocycles. The van der Waals surface area contributed by atoms with Crippen LogP contribution in [-0.2, 0) is 17.6 Å². The zero-order valence-corrected chi connectivity index (χ0v) is 17.9. The van der Waals surface area contributed by atoms with E-state index in [1.807, 2.05) is 4.90 Å². The Morgan fingerprint density at radius 3 is 2.50 bits per heavy atom. The van der Waals surface area contributed by atoms with E-state index < -0.39 is 0 Å². The van der Waals surface area contributed by atoms with Crippen LogP contribution in [0.1, 0.15) is 59.1 Å². The molecule has 0 bridgehead atoms. The number of hydrogen-bond donors (Lipinski definition) is 0. The SMILES string of the molecule is CCCN1CCN(C(=O)[C@H]2CCc3sc(C(=O)N4CCCCC4)cc3C2)CC1. The molecule has 5 nitrogen and oxygen atoms in total. The van der Waals surface area contributed by atoms with Crippen molar-refractivity contribution in [3.8, 4) is 0 Å². The van der Waals surface area contributed by atoms with Crippen molar-refractivity contribution in [2.75, 3.05) is 45.8 Å². The second-order valence-electron chi connectivity index (χ2n) is 8.52. The van der Waals surface area contributed by atoms with Crippen LogP contribution in [0, 0.1) is 5.92 Å². The van der Waals surface area contributed by atoms with Gasteiger partial charge in [0.15, 0.2) is 0 Å². The average molecular weight is 404 g/mol. The molecule has 1 atom stereocenters. The summed E-state index contributed by atoms with van der Waals surface area (Å²) in [6.45, 7) is 8.88. The number of carbonyl (C=O) groups is 2. The summed E-state index contributed by atoms with van der Waals surface area (Å²) in [5.41, 5.74) is 1.25. The van der Waals surface area contributed by atoms with Crippen LogP contribution >= 0.6 is 11.3 Å².